The van der Waals surface area contributed by atoms with Crippen LogP contribution in [0.3, 0.4) is 0 Å². The van der Waals surface area contributed by atoms with E-state index in [2.05, 4.69) is 31.7 Å². The van der Waals surface area contributed by atoms with Gasteiger partial charge in [-0.15, -0.1) is 10.2 Å². The summed E-state index contributed by atoms with van der Waals surface area (Å²) in [6.07, 6.45) is 2.12. The predicted octanol–water partition coefficient (Wildman–Crippen LogP) is 2.86. The number of nitriles is 1. The summed E-state index contributed by atoms with van der Waals surface area (Å²) in [4.78, 5) is 9.37. The van der Waals surface area contributed by atoms with Crippen molar-refractivity contribution in [1.29, 1.82) is 5.26 Å². The van der Waals surface area contributed by atoms with Crippen LogP contribution in [0.25, 0.3) is 22.7 Å². The molecule has 0 unspecified atom stereocenters. The number of nitrogens with zero attached hydrogens (tertiary/aromatic N) is 8. The van der Waals surface area contributed by atoms with Crippen LogP contribution in [0.2, 0.25) is 0 Å². The third-order valence-corrected chi connectivity index (χ3v) is 5.44. The molecule has 0 bridgehead atoms. The highest BCUT2D eigenvalue weighted by Gasteiger charge is 2.15. The summed E-state index contributed by atoms with van der Waals surface area (Å²) in [5.74, 6) is 2.23. The maximum absolute atomic E-state index is 9.52. The molecule has 5 aromatic rings. The van der Waals surface area contributed by atoms with Crippen LogP contribution in [-0.2, 0) is 6.42 Å². The summed E-state index contributed by atoms with van der Waals surface area (Å²) in [6, 6.07) is 16.8. The lowest BCUT2D eigenvalue weighted by molar-refractivity contribution is 0.299. The average molecular weight is 467 g/mol. The van der Waals surface area contributed by atoms with Crippen LogP contribution in [0.5, 0.6) is 5.88 Å². The number of aliphatic hydroxyl groups excluding tert-OH is 1. The van der Waals surface area contributed by atoms with Crippen molar-refractivity contribution in [2.24, 2.45) is 0 Å². The molecule has 0 aliphatic rings. The largest absolute Gasteiger partial charge is 0.480 e. The quantitative estimate of drug-likeness (QED) is 0.370. The highest BCUT2D eigenvalue weighted by atomic mass is 16.5. The fourth-order valence-electron chi connectivity index (χ4n) is 3.76. The van der Waals surface area contributed by atoms with Crippen molar-refractivity contribution in [2.75, 3.05) is 19.0 Å². The molecular formula is C24H21N9O2. The standard InChI is InChI=1S/C24H21N9O2/c1-15-11-18(13-25)31-33(15)24-16(9-10-34)3-7-22(28-24)32-14-26-19-12-17(4-5-20(19)32)27-21-6-8-23(35-2)30-29-21/h3-8,11-12,14,34H,9-10H2,1-2H3,(H,27,29). The number of fused-ring (bicyclic) bond motifs is 1. The lowest BCUT2D eigenvalue weighted by Gasteiger charge is -2.12. The van der Waals surface area contributed by atoms with Crippen molar-refractivity contribution >= 4 is 22.5 Å². The number of aliphatic hydroxyl groups is 1. The highest BCUT2D eigenvalue weighted by molar-refractivity contribution is 5.82. The Morgan fingerprint density at radius 3 is 2.71 bits per heavy atom. The minimum Gasteiger partial charge on any atom is -0.480 e. The SMILES string of the molecule is COc1ccc(Nc2ccc3c(c2)ncn3-c2ccc(CCO)c(-n3nc(C#N)cc3C)n2)nn1. The van der Waals surface area contributed by atoms with Crippen LogP contribution < -0.4 is 10.1 Å². The molecule has 0 saturated carbocycles. The summed E-state index contributed by atoms with van der Waals surface area (Å²) >= 11 is 0. The Bertz CT molecular complexity index is 1550. The Kier molecular flexibility index (Phi) is 5.78. The Morgan fingerprint density at radius 1 is 1.11 bits per heavy atom. The molecule has 0 spiro atoms. The smallest absolute Gasteiger partial charge is 0.233 e. The molecule has 5 rings (SSSR count). The van der Waals surface area contributed by atoms with Crippen molar-refractivity contribution in [1.82, 2.24) is 34.5 Å². The molecule has 0 aliphatic heterocycles. The van der Waals surface area contributed by atoms with E-state index in [0.717, 1.165) is 28.0 Å². The number of anilines is 2. The van der Waals surface area contributed by atoms with E-state index in [0.29, 0.717) is 35.4 Å². The van der Waals surface area contributed by atoms with Crippen molar-refractivity contribution < 1.29 is 9.84 Å². The first-order valence-corrected chi connectivity index (χ1v) is 10.8. The molecule has 1 aromatic carbocycles. The predicted molar refractivity (Wildman–Crippen MR) is 128 cm³/mol. The van der Waals surface area contributed by atoms with Gasteiger partial charge in [-0.05, 0) is 55.3 Å². The Morgan fingerprint density at radius 2 is 2.00 bits per heavy atom. The second-order valence-corrected chi connectivity index (χ2v) is 7.72. The van der Waals surface area contributed by atoms with Gasteiger partial charge in [0.2, 0.25) is 5.88 Å². The average Bonchev–Trinajstić information content (AvgIpc) is 3.48. The zero-order valence-corrected chi connectivity index (χ0v) is 19.0. The minimum absolute atomic E-state index is 0.0260. The number of ether oxygens (including phenoxy) is 1. The molecule has 0 atom stereocenters. The van der Waals surface area contributed by atoms with Gasteiger partial charge in [-0.25, -0.2) is 14.6 Å². The van der Waals surface area contributed by atoms with Crippen LogP contribution in [-0.4, -0.2) is 53.3 Å². The number of aryl methyl sites for hydroxylation is 1. The van der Waals surface area contributed by atoms with Gasteiger partial charge in [0.1, 0.15) is 18.2 Å². The van der Waals surface area contributed by atoms with E-state index in [-0.39, 0.29) is 6.61 Å². The van der Waals surface area contributed by atoms with Gasteiger partial charge in [-0.3, -0.25) is 4.57 Å². The number of hydrogen-bond donors (Lipinski definition) is 2. The van der Waals surface area contributed by atoms with E-state index in [9.17, 15) is 10.4 Å². The number of imidazole rings is 1. The first-order chi connectivity index (χ1) is 17.1. The number of hydrogen-bond acceptors (Lipinski definition) is 9. The maximum atomic E-state index is 9.52. The lowest BCUT2D eigenvalue weighted by atomic mass is 10.2. The second-order valence-electron chi connectivity index (χ2n) is 7.72. The maximum Gasteiger partial charge on any atom is 0.233 e. The Labute approximate surface area is 200 Å². The van der Waals surface area contributed by atoms with Crippen LogP contribution in [0.1, 0.15) is 17.0 Å². The molecule has 0 fully saturated rings. The third kappa shape index (κ3) is 4.25. The van der Waals surface area contributed by atoms with Crippen LogP contribution in [0.4, 0.5) is 11.5 Å². The fourth-order valence-corrected chi connectivity index (χ4v) is 3.76. The van der Waals surface area contributed by atoms with Gasteiger partial charge in [0.15, 0.2) is 17.3 Å². The number of nitrogens with one attached hydrogen (secondary N) is 1. The summed E-state index contributed by atoms with van der Waals surface area (Å²) in [5.41, 5.74) is 4.34. The molecule has 174 valence electrons. The third-order valence-electron chi connectivity index (χ3n) is 5.44. The molecule has 11 nitrogen and oxygen atoms in total. The van der Waals surface area contributed by atoms with Crippen LogP contribution in [0, 0.1) is 18.3 Å². The number of pyridine rings is 1. The molecule has 4 aromatic heterocycles. The van der Waals surface area contributed by atoms with E-state index in [1.165, 1.54) is 0 Å². The molecule has 0 radical (unpaired) electrons. The zero-order chi connectivity index (χ0) is 24.4. The van der Waals surface area contributed by atoms with Crippen molar-refractivity contribution in [2.45, 2.75) is 13.3 Å². The Balaban J connectivity index is 1.51. The summed E-state index contributed by atoms with van der Waals surface area (Å²) in [7, 11) is 1.54. The fraction of sp³-hybridized carbons (Fsp3) is 0.167. The summed E-state index contributed by atoms with van der Waals surface area (Å²) in [6.45, 7) is 1.83. The molecule has 11 heteroatoms. The van der Waals surface area contributed by atoms with Gasteiger partial charge in [0.05, 0.1) is 18.1 Å². The monoisotopic (exact) mass is 467 g/mol. The summed E-state index contributed by atoms with van der Waals surface area (Å²) in [5, 5.41) is 34.4. The van der Waals surface area contributed by atoms with Gasteiger partial charge < -0.3 is 15.2 Å². The number of rotatable bonds is 7. The van der Waals surface area contributed by atoms with Gasteiger partial charge >= 0.3 is 0 Å². The van der Waals surface area contributed by atoms with Crippen molar-refractivity contribution in [3.63, 3.8) is 0 Å². The minimum atomic E-state index is -0.0260. The van der Waals surface area contributed by atoms with Crippen molar-refractivity contribution in [3.8, 4) is 23.6 Å². The van der Waals surface area contributed by atoms with Gasteiger partial charge in [-0.1, -0.05) is 6.07 Å². The zero-order valence-electron chi connectivity index (χ0n) is 19.0. The number of benzene rings is 1. The molecule has 35 heavy (non-hydrogen) atoms. The van der Waals surface area contributed by atoms with Gasteiger partial charge in [-0.2, -0.15) is 10.4 Å². The first kappa shape index (κ1) is 22.0. The van der Waals surface area contributed by atoms with E-state index in [1.807, 2.05) is 41.8 Å². The normalized spacial score (nSPS) is 10.9. The van der Waals surface area contributed by atoms with E-state index in [1.54, 1.807) is 36.3 Å². The molecule has 0 saturated heterocycles. The van der Waals surface area contributed by atoms with Crippen molar-refractivity contribution in [3.05, 3.63) is 71.8 Å². The number of methoxy groups -OCH3 is 1. The molecule has 0 aliphatic carbocycles. The van der Waals surface area contributed by atoms with Crippen LogP contribution >= 0.6 is 0 Å². The second kappa shape index (κ2) is 9.20. The molecule has 0 amide bonds. The van der Waals surface area contributed by atoms with Crippen LogP contribution in [0.15, 0.2) is 54.9 Å². The van der Waals surface area contributed by atoms with Gasteiger partial charge in [0.25, 0.3) is 0 Å². The van der Waals surface area contributed by atoms with Gasteiger partial charge in [0, 0.05) is 24.1 Å². The topological polar surface area (TPSA) is 140 Å². The lowest BCUT2D eigenvalue weighted by Crippen LogP contribution is -2.10. The molecule has 4 heterocycles. The number of aromatic nitrogens is 7. The molecule has 2 N–H and O–H groups in total. The van der Waals surface area contributed by atoms with E-state index < -0.39 is 0 Å². The Hall–Kier alpha value is -4.82. The first-order valence-electron chi connectivity index (χ1n) is 10.8. The van der Waals surface area contributed by atoms with E-state index in [4.69, 9.17) is 9.72 Å². The summed E-state index contributed by atoms with van der Waals surface area (Å²) < 4.78 is 8.55. The molecular weight excluding hydrogens is 446 g/mol. The van der Waals surface area contributed by atoms with E-state index >= 15 is 0 Å². The highest BCUT2D eigenvalue weighted by Crippen LogP contribution is 2.25.